The Morgan fingerprint density at radius 3 is 2.89 bits per heavy atom. The van der Waals surface area contributed by atoms with Crippen LogP contribution < -0.4 is 5.32 Å². The Bertz CT molecular complexity index is 388. The van der Waals surface area contributed by atoms with Crippen molar-refractivity contribution in [3.63, 3.8) is 0 Å². The molecule has 0 spiro atoms. The fourth-order valence-corrected chi connectivity index (χ4v) is 2.31. The zero-order valence-corrected chi connectivity index (χ0v) is 11.5. The number of para-hydroxylation sites is 1. The summed E-state index contributed by atoms with van der Waals surface area (Å²) in [6.45, 7) is 2.77. The number of hydrogen-bond donors (Lipinski definition) is 1. The first kappa shape index (κ1) is 13.9. The summed E-state index contributed by atoms with van der Waals surface area (Å²) < 4.78 is 5.44. The van der Waals surface area contributed by atoms with Gasteiger partial charge in [-0.05, 0) is 30.9 Å². The van der Waals surface area contributed by atoms with E-state index < -0.39 is 0 Å². The fourth-order valence-electron chi connectivity index (χ4n) is 2.31. The molecule has 1 aromatic rings. The van der Waals surface area contributed by atoms with Gasteiger partial charge in [-0.1, -0.05) is 18.2 Å². The number of nitrogens with one attached hydrogen (secondary N) is 1. The van der Waals surface area contributed by atoms with E-state index in [4.69, 9.17) is 4.74 Å². The van der Waals surface area contributed by atoms with Crippen molar-refractivity contribution in [2.75, 3.05) is 38.7 Å². The second kappa shape index (κ2) is 7.14. The average molecular weight is 262 g/mol. The Kier molecular flexibility index (Phi) is 5.21. The number of carbonyl (C=O) groups is 1. The summed E-state index contributed by atoms with van der Waals surface area (Å²) in [5.74, 6) is 0.605. The summed E-state index contributed by atoms with van der Waals surface area (Å²) in [6.07, 6.45) is 2.26. The molecule has 0 saturated carbocycles. The summed E-state index contributed by atoms with van der Waals surface area (Å²) in [7, 11) is 1.86. The first-order chi connectivity index (χ1) is 9.25. The van der Waals surface area contributed by atoms with Gasteiger partial charge in [0.05, 0.1) is 13.2 Å². The molecule has 1 heterocycles. The van der Waals surface area contributed by atoms with Gasteiger partial charge >= 0.3 is 0 Å². The van der Waals surface area contributed by atoms with Crippen molar-refractivity contribution in [1.82, 2.24) is 4.90 Å². The molecule has 1 aliphatic rings. The highest BCUT2D eigenvalue weighted by Crippen LogP contribution is 2.14. The Morgan fingerprint density at radius 2 is 2.21 bits per heavy atom. The standard InChI is InChI=1S/C15H22N2O2/c1-17(11-13-6-5-9-19-12-13)15(18)10-16-14-7-3-2-4-8-14/h2-4,7-8,13,16H,5-6,9-12H2,1H3. The monoisotopic (exact) mass is 262 g/mol. The van der Waals surface area contributed by atoms with E-state index in [2.05, 4.69) is 5.32 Å². The second-order valence-corrected chi connectivity index (χ2v) is 5.08. The summed E-state index contributed by atoms with van der Waals surface area (Å²) in [5, 5.41) is 3.14. The molecule has 1 amide bonds. The highest BCUT2D eigenvalue weighted by Gasteiger charge is 2.18. The predicted octanol–water partition coefficient (Wildman–Crippen LogP) is 1.98. The molecule has 1 aromatic carbocycles. The maximum atomic E-state index is 12.0. The Hall–Kier alpha value is -1.55. The van der Waals surface area contributed by atoms with E-state index in [9.17, 15) is 4.79 Å². The van der Waals surface area contributed by atoms with E-state index in [-0.39, 0.29) is 5.91 Å². The van der Waals surface area contributed by atoms with Gasteiger partial charge in [0.2, 0.25) is 5.91 Å². The molecule has 2 rings (SSSR count). The fraction of sp³-hybridized carbons (Fsp3) is 0.533. The molecule has 1 atom stereocenters. The molecule has 0 bridgehead atoms. The van der Waals surface area contributed by atoms with Crippen LogP contribution in [0.3, 0.4) is 0 Å². The lowest BCUT2D eigenvalue weighted by molar-refractivity contribution is -0.129. The minimum absolute atomic E-state index is 0.120. The zero-order chi connectivity index (χ0) is 13.5. The summed E-state index contributed by atoms with van der Waals surface area (Å²) in [5.41, 5.74) is 0.977. The number of rotatable bonds is 5. The van der Waals surface area contributed by atoms with Gasteiger partial charge in [-0.15, -0.1) is 0 Å². The number of hydrogen-bond acceptors (Lipinski definition) is 3. The van der Waals surface area contributed by atoms with Gasteiger partial charge in [0, 0.05) is 25.9 Å². The minimum Gasteiger partial charge on any atom is -0.381 e. The first-order valence-electron chi connectivity index (χ1n) is 6.86. The highest BCUT2D eigenvalue weighted by molar-refractivity contribution is 5.80. The number of anilines is 1. The second-order valence-electron chi connectivity index (χ2n) is 5.08. The van der Waals surface area contributed by atoms with Crippen LogP contribution in [0, 0.1) is 5.92 Å². The van der Waals surface area contributed by atoms with Crippen molar-refractivity contribution in [3.8, 4) is 0 Å². The lowest BCUT2D eigenvalue weighted by Gasteiger charge is -2.27. The van der Waals surface area contributed by atoms with Gasteiger partial charge in [0.15, 0.2) is 0 Å². The molecule has 1 N–H and O–H groups in total. The molecule has 19 heavy (non-hydrogen) atoms. The molecule has 4 heteroatoms. The van der Waals surface area contributed by atoms with E-state index in [1.807, 2.05) is 37.4 Å². The topological polar surface area (TPSA) is 41.6 Å². The van der Waals surface area contributed by atoms with Crippen molar-refractivity contribution in [2.45, 2.75) is 12.8 Å². The third-order valence-corrected chi connectivity index (χ3v) is 3.43. The van der Waals surface area contributed by atoms with E-state index in [0.717, 1.165) is 38.3 Å². The molecule has 1 unspecified atom stereocenters. The lowest BCUT2D eigenvalue weighted by atomic mass is 10.0. The third kappa shape index (κ3) is 4.56. The van der Waals surface area contributed by atoms with Gasteiger partial charge in [-0.3, -0.25) is 4.79 Å². The molecule has 0 aliphatic carbocycles. The largest absolute Gasteiger partial charge is 0.381 e. The molecule has 104 valence electrons. The highest BCUT2D eigenvalue weighted by atomic mass is 16.5. The average Bonchev–Trinajstić information content (AvgIpc) is 2.47. The Morgan fingerprint density at radius 1 is 1.42 bits per heavy atom. The molecular weight excluding hydrogens is 240 g/mol. The smallest absolute Gasteiger partial charge is 0.241 e. The normalized spacial score (nSPS) is 18.9. The number of amides is 1. The van der Waals surface area contributed by atoms with Crippen molar-refractivity contribution in [2.24, 2.45) is 5.92 Å². The van der Waals surface area contributed by atoms with Gasteiger partial charge in [-0.2, -0.15) is 0 Å². The summed E-state index contributed by atoms with van der Waals surface area (Å²) >= 11 is 0. The van der Waals surface area contributed by atoms with Crippen molar-refractivity contribution < 1.29 is 9.53 Å². The molecule has 0 aromatic heterocycles. The summed E-state index contributed by atoms with van der Waals surface area (Å²) in [6, 6.07) is 9.79. The molecule has 0 radical (unpaired) electrons. The van der Waals surface area contributed by atoms with E-state index in [1.165, 1.54) is 0 Å². The minimum atomic E-state index is 0.120. The van der Waals surface area contributed by atoms with Gasteiger partial charge in [-0.25, -0.2) is 0 Å². The maximum absolute atomic E-state index is 12.0. The van der Waals surface area contributed by atoms with Gasteiger partial charge < -0.3 is 15.0 Å². The van der Waals surface area contributed by atoms with E-state index in [1.54, 1.807) is 4.90 Å². The van der Waals surface area contributed by atoms with Gasteiger partial charge in [0.1, 0.15) is 0 Å². The van der Waals surface area contributed by atoms with Crippen LogP contribution >= 0.6 is 0 Å². The summed E-state index contributed by atoms with van der Waals surface area (Å²) in [4.78, 5) is 13.8. The number of benzene rings is 1. The number of likely N-dealkylation sites (N-methyl/N-ethyl adjacent to an activating group) is 1. The zero-order valence-electron chi connectivity index (χ0n) is 11.5. The number of ether oxygens (including phenoxy) is 1. The Balaban J connectivity index is 1.72. The third-order valence-electron chi connectivity index (χ3n) is 3.43. The van der Waals surface area contributed by atoms with E-state index in [0.29, 0.717) is 12.5 Å². The molecular formula is C15H22N2O2. The van der Waals surface area contributed by atoms with Crippen LogP contribution in [0.2, 0.25) is 0 Å². The molecule has 1 aliphatic heterocycles. The van der Waals surface area contributed by atoms with Crippen LogP contribution in [0.4, 0.5) is 5.69 Å². The van der Waals surface area contributed by atoms with Crippen LogP contribution in [0.15, 0.2) is 30.3 Å². The van der Waals surface area contributed by atoms with E-state index >= 15 is 0 Å². The van der Waals surface area contributed by atoms with Crippen molar-refractivity contribution in [3.05, 3.63) is 30.3 Å². The predicted molar refractivity (Wildman–Crippen MR) is 76.1 cm³/mol. The van der Waals surface area contributed by atoms with Gasteiger partial charge in [0.25, 0.3) is 0 Å². The van der Waals surface area contributed by atoms with Crippen LogP contribution in [0.1, 0.15) is 12.8 Å². The van der Waals surface area contributed by atoms with Crippen LogP contribution in [0.25, 0.3) is 0 Å². The first-order valence-corrected chi connectivity index (χ1v) is 6.86. The van der Waals surface area contributed by atoms with Crippen LogP contribution in [0.5, 0.6) is 0 Å². The number of nitrogens with zero attached hydrogens (tertiary/aromatic N) is 1. The van der Waals surface area contributed by atoms with Crippen LogP contribution in [-0.4, -0.2) is 44.2 Å². The van der Waals surface area contributed by atoms with Crippen molar-refractivity contribution in [1.29, 1.82) is 0 Å². The maximum Gasteiger partial charge on any atom is 0.241 e. The lowest BCUT2D eigenvalue weighted by Crippen LogP contribution is -2.38. The van der Waals surface area contributed by atoms with Crippen LogP contribution in [-0.2, 0) is 9.53 Å². The van der Waals surface area contributed by atoms with Crippen molar-refractivity contribution >= 4 is 11.6 Å². The molecule has 4 nitrogen and oxygen atoms in total. The number of carbonyl (C=O) groups excluding carboxylic acids is 1. The Labute approximate surface area is 114 Å². The quantitative estimate of drug-likeness (QED) is 0.882. The molecule has 1 fully saturated rings. The molecule has 1 saturated heterocycles. The SMILES string of the molecule is CN(CC1CCCOC1)C(=O)CNc1ccccc1.